The zero-order chi connectivity index (χ0) is 13.0. The maximum atomic E-state index is 6.21. The smallest absolute Gasteiger partial charge is 0.0513 e. The van der Waals surface area contributed by atoms with Gasteiger partial charge in [-0.1, -0.05) is 26.2 Å². The molecular formula is C15H30N2O. The highest BCUT2D eigenvalue weighted by molar-refractivity contribution is 4.99. The van der Waals surface area contributed by atoms with Crippen LogP contribution in [0.5, 0.6) is 0 Å². The average Bonchev–Trinajstić information content (AvgIpc) is 2.96. The molecule has 0 bridgehead atoms. The first-order valence-electron chi connectivity index (χ1n) is 7.75. The van der Waals surface area contributed by atoms with Gasteiger partial charge in [0.15, 0.2) is 0 Å². The maximum absolute atomic E-state index is 6.21. The van der Waals surface area contributed by atoms with Gasteiger partial charge < -0.3 is 10.5 Å². The molecule has 2 atom stereocenters. The summed E-state index contributed by atoms with van der Waals surface area (Å²) in [6.07, 6.45) is 9.23. The number of nitrogens with zero attached hydrogens (tertiary/aromatic N) is 1. The second-order valence-electron chi connectivity index (χ2n) is 6.12. The molecule has 1 heterocycles. The van der Waals surface area contributed by atoms with Crippen molar-refractivity contribution in [2.45, 2.75) is 63.5 Å². The SMILES string of the molecule is CCC(CN)(C1CCOC1)N(C)C1CCCCC1. The first kappa shape index (κ1) is 14.3. The van der Waals surface area contributed by atoms with Gasteiger partial charge in [-0.05, 0) is 32.7 Å². The van der Waals surface area contributed by atoms with Gasteiger partial charge in [0.1, 0.15) is 0 Å². The van der Waals surface area contributed by atoms with E-state index in [1.54, 1.807) is 0 Å². The first-order valence-corrected chi connectivity index (χ1v) is 7.75. The molecule has 2 fully saturated rings. The minimum Gasteiger partial charge on any atom is -0.381 e. The second kappa shape index (κ2) is 6.36. The van der Waals surface area contributed by atoms with Crippen LogP contribution in [0.2, 0.25) is 0 Å². The van der Waals surface area contributed by atoms with Crippen molar-refractivity contribution in [2.75, 3.05) is 26.8 Å². The van der Waals surface area contributed by atoms with E-state index in [2.05, 4.69) is 18.9 Å². The number of ether oxygens (including phenoxy) is 1. The summed E-state index contributed by atoms with van der Waals surface area (Å²) in [7, 11) is 2.31. The van der Waals surface area contributed by atoms with E-state index in [-0.39, 0.29) is 5.54 Å². The van der Waals surface area contributed by atoms with Crippen LogP contribution in [-0.4, -0.2) is 43.3 Å². The summed E-state index contributed by atoms with van der Waals surface area (Å²) in [4.78, 5) is 2.63. The van der Waals surface area contributed by atoms with Crippen LogP contribution in [0.1, 0.15) is 51.9 Å². The number of nitrogens with two attached hydrogens (primary N) is 1. The lowest BCUT2D eigenvalue weighted by Gasteiger charge is -2.49. The number of hydrogen-bond donors (Lipinski definition) is 1. The molecule has 2 rings (SSSR count). The van der Waals surface area contributed by atoms with Gasteiger partial charge >= 0.3 is 0 Å². The summed E-state index contributed by atoms with van der Waals surface area (Å²) in [6.45, 7) is 4.89. The van der Waals surface area contributed by atoms with E-state index in [9.17, 15) is 0 Å². The van der Waals surface area contributed by atoms with Crippen LogP contribution >= 0.6 is 0 Å². The molecule has 0 radical (unpaired) electrons. The third kappa shape index (κ3) is 2.59. The van der Waals surface area contributed by atoms with E-state index >= 15 is 0 Å². The minimum atomic E-state index is 0.165. The molecule has 2 aliphatic rings. The molecule has 1 aliphatic carbocycles. The monoisotopic (exact) mass is 254 g/mol. The van der Waals surface area contributed by atoms with Crippen molar-refractivity contribution in [3.63, 3.8) is 0 Å². The first-order chi connectivity index (χ1) is 8.74. The van der Waals surface area contributed by atoms with Crippen molar-refractivity contribution >= 4 is 0 Å². The normalized spacial score (nSPS) is 29.7. The molecule has 3 nitrogen and oxygen atoms in total. The molecule has 3 heteroatoms. The van der Waals surface area contributed by atoms with Crippen LogP contribution in [0.15, 0.2) is 0 Å². The fraction of sp³-hybridized carbons (Fsp3) is 1.00. The van der Waals surface area contributed by atoms with Crippen LogP contribution < -0.4 is 5.73 Å². The lowest BCUT2D eigenvalue weighted by Crippen LogP contribution is -2.60. The van der Waals surface area contributed by atoms with Gasteiger partial charge in [-0.2, -0.15) is 0 Å². The van der Waals surface area contributed by atoms with Crippen molar-refractivity contribution in [3.8, 4) is 0 Å². The molecule has 1 saturated heterocycles. The van der Waals surface area contributed by atoms with E-state index < -0.39 is 0 Å². The second-order valence-corrected chi connectivity index (χ2v) is 6.12. The van der Waals surface area contributed by atoms with Crippen molar-refractivity contribution in [1.82, 2.24) is 4.90 Å². The van der Waals surface area contributed by atoms with E-state index in [1.165, 1.54) is 38.5 Å². The molecule has 0 aromatic rings. The Labute approximate surface area is 112 Å². The zero-order valence-corrected chi connectivity index (χ0v) is 12.2. The van der Waals surface area contributed by atoms with Gasteiger partial charge in [-0.3, -0.25) is 4.90 Å². The third-order valence-electron chi connectivity index (χ3n) is 5.48. The molecule has 0 aromatic carbocycles. The van der Waals surface area contributed by atoms with Crippen LogP contribution in [0.3, 0.4) is 0 Å². The Hall–Kier alpha value is -0.120. The number of rotatable bonds is 5. The van der Waals surface area contributed by atoms with Crippen molar-refractivity contribution < 1.29 is 4.74 Å². The predicted octanol–water partition coefficient (Wildman–Crippen LogP) is 2.39. The van der Waals surface area contributed by atoms with E-state index in [1.807, 2.05) is 0 Å². The van der Waals surface area contributed by atoms with Gasteiger partial charge in [-0.25, -0.2) is 0 Å². The predicted molar refractivity (Wildman–Crippen MR) is 75.6 cm³/mol. The average molecular weight is 254 g/mol. The Morgan fingerprint density at radius 2 is 1.94 bits per heavy atom. The summed E-state index contributed by atoms with van der Waals surface area (Å²) >= 11 is 0. The molecule has 2 N–H and O–H groups in total. The van der Waals surface area contributed by atoms with Crippen LogP contribution in [-0.2, 0) is 4.74 Å². The van der Waals surface area contributed by atoms with Gasteiger partial charge in [0.2, 0.25) is 0 Å². The summed E-state index contributed by atoms with van der Waals surface area (Å²) in [6, 6.07) is 0.739. The van der Waals surface area contributed by atoms with E-state index in [0.29, 0.717) is 5.92 Å². The molecule has 0 spiro atoms. The number of likely N-dealkylation sites (N-methyl/N-ethyl adjacent to an activating group) is 1. The molecule has 106 valence electrons. The topological polar surface area (TPSA) is 38.5 Å². The van der Waals surface area contributed by atoms with E-state index in [0.717, 1.165) is 32.2 Å². The Balaban J connectivity index is 2.11. The summed E-state index contributed by atoms with van der Waals surface area (Å²) in [5, 5.41) is 0. The fourth-order valence-corrected chi connectivity index (χ4v) is 4.07. The minimum absolute atomic E-state index is 0.165. The summed E-state index contributed by atoms with van der Waals surface area (Å²) in [5.41, 5.74) is 6.37. The fourth-order valence-electron chi connectivity index (χ4n) is 4.07. The maximum Gasteiger partial charge on any atom is 0.0513 e. The molecule has 18 heavy (non-hydrogen) atoms. The van der Waals surface area contributed by atoms with Gasteiger partial charge in [0.25, 0.3) is 0 Å². The highest BCUT2D eigenvalue weighted by Crippen LogP contribution is 2.37. The van der Waals surface area contributed by atoms with Gasteiger partial charge in [-0.15, -0.1) is 0 Å². The quantitative estimate of drug-likeness (QED) is 0.819. The molecule has 1 saturated carbocycles. The molecule has 0 amide bonds. The highest BCUT2D eigenvalue weighted by Gasteiger charge is 2.43. The van der Waals surface area contributed by atoms with Crippen molar-refractivity contribution in [1.29, 1.82) is 0 Å². The summed E-state index contributed by atoms with van der Waals surface area (Å²) in [5.74, 6) is 0.624. The Kier molecular flexibility index (Phi) is 5.05. The number of hydrogen-bond acceptors (Lipinski definition) is 3. The molecular weight excluding hydrogens is 224 g/mol. The summed E-state index contributed by atoms with van der Waals surface area (Å²) < 4.78 is 5.62. The van der Waals surface area contributed by atoms with Crippen LogP contribution in [0.25, 0.3) is 0 Å². The van der Waals surface area contributed by atoms with E-state index in [4.69, 9.17) is 10.5 Å². The standard InChI is InChI=1S/C15H30N2O/c1-3-15(12-16,13-9-10-18-11-13)17(2)14-7-5-4-6-8-14/h13-14H,3-12,16H2,1-2H3. The Morgan fingerprint density at radius 1 is 1.22 bits per heavy atom. The molecule has 2 unspecified atom stereocenters. The van der Waals surface area contributed by atoms with Crippen molar-refractivity contribution in [2.24, 2.45) is 11.7 Å². The Bertz CT molecular complexity index is 241. The lowest BCUT2D eigenvalue weighted by molar-refractivity contribution is 0.00420. The molecule has 1 aliphatic heterocycles. The Morgan fingerprint density at radius 3 is 2.44 bits per heavy atom. The largest absolute Gasteiger partial charge is 0.381 e. The lowest BCUT2D eigenvalue weighted by atomic mass is 9.77. The highest BCUT2D eigenvalue weighted by atomic mass is 16.5. The molecule has 0 aromatic heterocycles. The third-order valence-corrected chi connectivity index (χ3v) is 5.48. The van der Waals surface area contributed by atoms with Crippen LogP contribution in [0.4, 0.5) is 0 Å². The van der Waals surface area contributed by atoms with Gasteiger partial charge in [0, 0.05) is 30.7 Å². The van der Waals surface area contributed by atoms with Crippen molar-refractivity contribution in [3.05, 3.63) is 0 Å². The zero-order valence-electron chi connectivity index (χ0n) is 12.2. The van der Waals surface area contributed by atoms with Gasteiger partial charge in [0.05, 0.1) is 6.61 Å². The van der Waals surface area contributed by atoms with Crippen LogP contribution in [0, 0.1) is 5.92 Å².